The molecular formula is C74H62N4. The van der Waals surface area contributed by atoms with Gasteiger partial charge in [0.15, 0.2) is 5.69 Å². The van der Waals surface area contributed by atoms with Crippen LogP contribution >= 0.6 is 0 Å². The van der Waals surface area contributed by atoms with E-state index in [1.54, 1.807) is 0 Å². The van der Waals surface area contributed by atoms with E-state index in [4.69, 9.17) is 6.57 Å². The molecule has 4 heteroatoms. The molecule has 0 saturated carbocycles. The number of benzene rings is 10. The lowest BCUT2D eigenvalue weighted by atomic mass is 9.92. The van der Waals surface area contributed by atoms with Gasteiger partial charge in [-0.1, -0.05) is 131 Å². The van der Waals surface area contributed by atoms with Crippen LogP contribution in [-0.4, -0.2) is 9.13 Å². The summed E-state index contributed by atoms with van der Waals surface area (Å²) in [4.78, 5) is 4.38. The van der Waals surface area contributed by atoms with Crippen molar-refractivity contribution in [3.63, 3.8) is 0 Å². The van der Waals surface area contributed by atoms with Gasteiger partial charge in [-0.15, -0.1) is 0 Å². The summed E-state index contributed by atoms with van der Waals surface area (Å²) in [5, 5.41) is 14.8. The fraction of sp³-hybridized carbons (Fsp3) is 0.162. The smallest absolute Gasteiger partial charge is 0.197 e. The maximum atomic E-state index is 10.3. The lowest BCUT2D eigenvalue weighted by Crippen LogP contribution is -2.05. The van der Waals surface area contributed by atoms with Crippen LogP contribution in [0.5, 0.6) is 0 Å². The molecule has 0 amide bonds. The summed E-state index contributed by atoms with van der Waals surface area (Å²) < 4.78 is 4.92. The fourth-order valence-corrected chi connectivity index (χ4v) is 13.7. The molecule has 378 valence electrons. The van der Waals surface area contributed by atoms with Gasteiger partial charge in [0.1, 0.15) is 0 Å². The van der Waals surface area contributed by atoms with Gasteiger partial charge < -0.3 is 9.13 Å². The van der Waals surface area contributed by atoms with Gasteiger partial charge in [0.05, 0.1) is 51.6 Å². The first-order valence-electron chi connectivity index (χ1n) is 27.1. The van der Waals surface area contributed by atoms with Crippen LogP contribution < -0.4 is 0 Å². The zero-order valence-electron chi connectivity index (χ0n) is 46.8. The molecule has 0 aliphatic carbocycles. The molecule has 10 aromatic carbocycles. The number of aryl methyl sites for hydroxylation is 12. The van der Waals surface area contributed by atoms with Crippen LogP contribution in [-0.2, 0) is 0 Å². The molecule has 0 radical (unpaired) electrons. The third-order valence-electron chi connectivity index (χ3n) is 16.4. The quantitative estimate of drug-likeness (QED) is 0.147. The standard InChI is InChI=1S/C74H62N4/c1-41-25-45(5)71(46(6)26-41)55-17-21-59-60-22-18-56(72-47(7)27-42(2)28-48(72)8)35-66(60)77(65(59)34-55)69-38-63(54-16-14-15-53(33-54)40-75)64(76-13)39-70(69)78-67-36-57(73-49(9)29-43(3)30-50(73)10)19-23-61(67)62-24-20-58(37-68(62)78)74-51(11)31-44(4)32-52(74)12/h14-39H,1-12H3. The van der Waals surface area contributed by atoms with E-state index in [1.165, 1.54) is 89.0 Å². The van der Waals surface area contributed by atoms with Gasteiger partial charge in [-0.2, -0.15) is 5.26 Å². The second-order valence-corrected chi connectivity index (χ2v) is 22.4. The van der Waals surface area contributed by atoms with E-state index in [1.807, 2.05) is 24.3 Å². The Hall–Kier alpha value is -9.22. The number of hydrogen-bond acceptors (Lipinski definition) is 1. The van der Waals surface area contributed by atoms with E-state index in [0.29, 0.717) is 11.3 Å². The summed E-state index contributed by atoms with van der Waals surface area (Å²) in [5.74, 6) is 0. The molecule has 2 aromatic heterocycles. The summed E-state index contributed by atoms with van der Waals surface area (Å²) in [6, 6.07) is 60.6. The molecule has 0 saturated heterocycles. The average molecular weight is 1010 g/mol. The first-order chi connectivity index (χ1) is 37.5. The van der Waals surface area contributed by atoms with Gasteiger partial charge in [0.2, 0.25) is 0 Å². The molecular weight excluding hydrogens is 945 g/mol. The van der Waals surface area contributed by atoms with Crippen LogP contribution in [0.2, 0.25) is 0 Å². The highest BCUT2D eigenvalue weighted by Gasteiger charge is 2.25. The zero-order valence-corrected chi connectivity index (χ0v) is 46.8. The highest BCUT2D eigenvalue weighted by Crippen LogP contribution is 2.47. The minimum atomic E-state index is 0.501. The van der Waals surface area contributed by atoms with Crippen LogP contribution in [0.3, 0.4) is 0 Å². The Labute approximate surface area is 459 Å². The van der Waals surface area contributed by atoms with Gasteiger partial charge in [-0.3, -0.25) is 0 Å². The minimum absolute atomic E-state index is 0.501. The summed E-state index contributed by atoms with van der Waals surface area (Å²) in [7, 11) is 0. The van der Waals surface area contributed by atoms with Gasteiger partial charge in [0.25, 0.3) is 0 Å². The maximum Gasteiger partial charge on any atom is 0.197 e. The van der Waals surface area contributed by atoms with Crippen LogP contribution in [0.1, 0.15) is 72.3 Å². The molecule has 0 aliphatic heterocycles. The summed E-state index contributed by atoms with van der Waals surface area (Å²) in [6.45, 7) is 35.5. The monoisotopic (exact) mass is 1010 g/mol. The number of hydrogen-bond donors (Lipinski definition) is 0. The topological polar surface area (TPSA) is 38.0 Å². The van der Waals surface area contributed by atoms with Crippen LogP contribution in [0, 0.1) is 101 Å². The van der Waals surface area contributed by atoms with E-state index in [-0.39, 0.29) is 0 Å². The second-order valence-electron chi connectivity index (χ2n) is 22.4. The third kappa shape index (κ3) is 8.11. The second kappa shape index (κ2) is 18.8. The van der Waals surface area contributed by atoms with E-state index in [9.17, 15) is 5.26 Å². The minimum Gasteiger partial charge on any atom is -0.308 e. The molecule has 78 heavy (non-hydrogen) atoms. The Morgan fingerprint density at radius 2 is 0.654 bits per heavy atom. The highest BCUT2D eigenvalue weighted by atomic mass is 15.1. The molecule has 0 fully saturated rings. The highest BCUT2D eigenvalue weighted by molar-refractivity contribution is 6.14. The van der Waals surface area contributed by atoms with E-state index in [0.717, 1.165) is 88.4 Å². The van der Waals surface area contributed by atoms with Crippen molar-refractivity contribution in [2.75, 3.05) is 0 Å². The molecule has 4 nitrogen and oxygen atoms in total. The summed E-state index contributed by atoms with van der Waals surface area (Å²) >= 11 is 0. The van der Waals surface area contributed by atoms with Crippen LogP contribution in [0.4, 0.5) is 5.69 Å². The fourth-order valence-electron chi connectivity index (χ4n) is 13.7. The van der Waals surface area contributed by atoms with Gasteiger partial charge >= 0.3 is 0 Å². The van der Waals surface area contributed by atoms with Crippen molar-refractivity contribution in [3.8, 4) is 73.1 Å². The maximum absolute atomic E-state index is 10.3. The van der Waals surface area contributed by atoms with Crippen molar-refractivity contribution >= 4 is 49.3 Å². The third-order valence-corrected chi connectivity index (χ3v) is 16.4. The first-order valence-corrected chi connectivity index (χ1v) is 27.1. The number of aromatic nitrogens is 2. The van der Waals surface area contributed by atoms with E-state index in [2.05, 4.69) is 237 Å². The van der Waals surface area contributed by atoms with E-state index >= 15 is 0 Å². The number of nitrogens with zero attached hydrogens (tertiary/aromatic N) is 4. The molecule has 0 atom stereocenters. The average Bonchev–Trinajstić information content (AvgIpc) is 4.07. The van der Waals surface area contributed by atoms with Crippen molar-refractivity contribution < 1.29 is 0 Å². The number of nitriles is 1. The van der Waals surface area contributed by atoms with Crippen molar-refractivity contribution in [2.45, 2.75) is 83.1 Å². The predicted molar refractivity (Wildman–Crippen MR) is 330 cm³/mol. The molecule has 0 bridgehead atoms. The normalized spacial score (nSPS) is 11.6. The first kappa shape index (κ1) is 49.6. The zero-order chi connectivity index (χ0) is 54.6. The molecule has 2 heterocycles. The lowest BCUT2D eigenvalue weighted by Gasteiger charge is -2.21. The summed E-state index contributed by atoms with van der Waals surface area (Å²) in [5.41, 5.74) is 33.0. The van der Waals surface area contributed by atoms with Gasteiger partial charge in [-0.25, -0.2) is 4.85 Å². The van der Waals surface area contributed by atoms with E-state index < -0.39 is 0 Å². The lowest BCUT2D eigenvalue weighted by molar-refractivity contribution is 1.10. The Bertz CT molecular complexity index is 4330. The van der Waals surface area contributed by atoms with Crippen LogP contribution in [0.25, 0.3) is 115 Å². The molecule has 0 unspecified atom stereocenters. The van der Waals surface area contributed by atoms with Crippen molar-refractivity contribution in [1.82, 2.24) is 9.13 Å². The van der Waals surface area contributed by atoms with Crippen molar-refractivity contribution in [1.29, 1.82) is 5.26 Å². The molecule has 12 rings (SSSR count). The molecule has 12 aromatic rings. The Balaban J connectivity index is 1.29. The molecule has 0 spiro atoms. The SMILES string of the molecule is [C-]#[N+]c1cc(-n2c3cc(-c4c(C)cc(C)cc4C)ccc3c3ccc(-c4c(C)cc(C)cc4C)cc32)c(-n2c3cc(-c4c(C)cc(C)cc4C)ccc3c3ccc(-c4c(C)cc(C)cc4C)cc32)cc1-c1cccc(C#N)c1. The Morgan fingerprint density at radius 3 is 0.949 bits per heavy atom. The number of fused-ring (bicyclic) bond motifs is 6. The Morgan fingerprint density at radius 1 is 0.346 bits per heavy atom. The number of rotatable bonds is 7. The molecule has 0 aliphatic rings. The molecule has 0 N–H and O–H groups in total. The predicted octanol–water partition coefficient (Wildman–Crippen LogP) is 20.3. The largest absolute Gasteiger partial charge is 0.308 e. The van der Waals surface area contributed by atoms with Crippen LogP contribution in [0.15, 0.2) is 158 Å². The van der Waals surface area contributed by atoms with Crippen molar-refractivity contribution in [3.05, 3.63) is 241 Å². The summed E-state index contributed by atoms with van der Waals surface area (Å²) in [6.07, 6.45) is 0. The van der Waals surface area contributed by atoms with Gasteiger partial charge in [0, 0.05) is 21.5 Å². The van der Waals surface area contributed by atoms with Crippen molar-refractivity contribution in [2.24, 2.45) is 0 Å². The Kier molecular flexibility index (Phi) is 12.0. The van der Waals surface area contributed by atoms with Gasteiger partial charge in [-0.05, 0) is 232 Å².